The number of benzene rings is 1. The van der Waals surface area contributed by atoms with Gasteiger partial charge in [0.15, 0.2) is 0 Å². The minimum Gasteiger partial charge on any atom is -0.311 e. The number of fused-ring (bicyclic) bond motifs is 1. The van der Waals surface area contributed by atoms with Crippen LogP contribution in [0.25, 0.3) is 0 Å². The molecule has 37 heavy (non-hydrogen) atoms. The van der Waals surface area contributed by atoms with E-state index in [-0.39, 0.29) is 29.1 Å². The lowest BCUT2D eigenvalue weighted by Gasteiger charge is -2.41. The molecule has 1 N–H and O–H groups in total. The molecule has 5 rings (SSSR count). The van der Waals surface area contributed by atoms with Crippen molar-refractivity contribution in [3.8, 4) is 0 Å². The smallest absolute Gasteiger partial charge is 0.241 e. The molecule has 3 aliphatic heterocycles. The lowest BCUT2D eigenvalue weighted by Crippen LogP contribution is -2.60. The van der Waals surface area contributed by atoms with Crippen molar-refractivity contribution in [2.75, 3.05) is 50.7 Å². The average molecular weight is 512 g/mol. The summed E-state index contributed by atoms with van der Waals surface area (Å²) in [6.07, 6.45) is 1.73. The molecule has 2 saturated heterocycles. The van der Waals surface area contributed by atoms with Crippen LogP contribution in [0.1, 0.15) is 44.5 Å². The maximum atomic E-state index is 14.1. The average Bonchev–Trinajstić information content (AvgIpc) is 3.31. The lowest BCUT2D eigenvalue weighted by molar-refractivity contribution is -0.120. The van der Waals surface area contributed by atoms with Gasteiger partial charge in [0.2, 0.25) is 5.91 Å². The van der Waals surface area contributed by atoms with Gasteiger partial charge in [0, 0.05) is 68.9 Å². The van der Waals surface area contributed by atoms with E-state index in [0.29, 0.717) is 32.1 Å². The van der Waals surface area contributed by atoms with E-state index in [1.807, 2.05) is 18.0 Å². The van der Waals surface area contributed by atoms with Crippen LogP contribution in [-0.4, -0.2) is 84.8 Å². The largest absolute Gasteiger partial charge is 0.311 e. The van der Waals surface area contributed by atoms with Crippen LogP contribution in [0.3, 0.4) is 0 Å². The first-order valence-electron chi connectivity index (χ1n) is 13.5. The fraction of sp³-hybridized carbons (Fsp3) is 0.586. The van der Waals surface area contributed by atoms with Gasteiger partial charge < -0.3 is 10.2 Å². The van der Waals surface area contributed by atoms with Crippen LogP contribution >= 0.6 is 0 Å². The van der Waals surface area contributed by atoms with Crippen LogP contribution in [-0.2, 0) is 16.6 Å². The zero-order valence-corrected chi connectivity index (χ0v) is 22.4. The predicted molar refractivity (Wildman–Crippen MR) is 142 cm³/mol. The topological polar surface area (TPSA) is 51.7 Å². The quantitative estimate of drug-likeness (QED) is 0.645. The Morgan fingerprint density at radius 3 is 2.59 bits per heavy atom. The van der Waals surface area contributed by atoms with Crippen molar-refractivity contribution in [3.63, 3.8) is 0 Å². The van der Waals surface area contributed by atoms with E-state index in [2.05, 4.69) is 42.0 Å². The van der Waals surface area contributed by atoms with Crippen molar-refractivity contribution >= 4 is 11.6 Å². The Hall–Kier alpha value is -2.42. The molecule has 1 aromatic heterocycles. The summed E-state index contributed by atoms with van der Waals surface area (Å²) in [6.45, 7) is 12.9. The fourth-order valence-corrected chi connectivity index (χ4v) is 6.07. The first-order chi connectivity index (χ1) is 17.6. The number of likely N-dealkylation sites (tertiary alicyclic amines) is 1. The maximum Gasteiger partial charge on any atom is 0.241 e. The highest BCUT2D eigenvalue weighted by Gasteiger charge is 2.41. The molecule has 8 heteroatoms. The second-order valence-electron chi connectivity index (χ2n) is 12.0. The highest BCUT2D eigenvalue weighted by Crippen LogP contribution is 2.39. The predicted octanol–water partition coefficient (Wildman–Crippen LogP) is 3.39. The third-order valence-electron chi connectivity index (χ3n) is 8.16. The van der Waals surface area contributed by atoms with Gasteiger partial charge in [-0.2, -0.15) is 0 Å². The normalized spacial score (nSPS) is 28.0. The first-order valence-corrected chi connectivity index (χ1v) is 13.5. The molecule has 0 radical (unpaired) electrons. The summed E-state index contributed by atoms with van der Waals surface area (Å²) in [5.41, 5.74) is 3.58. The van der Waals surface area contributed by atoms with Crippen molar-refractivity contribution in [3.05, 3.63) is 59.2 Å². The Bertz CT molecular complexity index is 1110. The van der Waals surface area contributed by atoms with Crippen molar-refractivity contribution < 1.29 is 13.6 Å². The number of nitrogens with one attached hydrogen (secondary N) is 1. The van der Waals surface area contributed by atoms with Gasteiger partial charge in [-0.05, 0) is 42.7 Å². The van der Waals surface area contributed by atoms with Gasteiger partial charge in [0.05, 0.1) is 17.9 Å². The monoisotopic (exact) mass is 511 g/mol. The van der Waals surface area contributed by atoms with Crippen LogP contribution in [0.5, 0.6) is 0 Å². The Morgan fingerprint density at radius 2 is 1.89 bits per heavy atom. The molecule has 1 unspecified atom stereocenters. The maximum absolute atomic E-state index is 14.1. The van der Waals surface area contributed by atoms with E-state index < -0.39 is 6.17 Å². The molecule has 0 aliphatic carbocycles. The van der Waals surface area contributed by atoms with Gasteiger partial charge in [-0.1, -0.05) is 32.9 Å². The number of amides is 1. The van der Waals surface area contributed by atoms with Gasteiger partial charge in [0.25, 0.3) is 0 Å². The van der Waals surface area contributed by atoms with E-state index in [1.54, 1.807) is 12.1 Å². The molecule has 0 spiro atoms. The number of carbonyl (C=O) groups excluding carboxylic acids is 1. The summed E-state index contributed by atoms with van der Waals surface area (Å²) < 4.78 is 27.5. The molecule has 2 fully saturated rings. The number of anilines is 1. The number of rotatable bonds is 6. The van der Waals surface area contributed by atoms with Gasteiger partial charge in [-0.3, -0.25) is 19.6 Å². The molecule has 0 saturated carbocycles. The lowest BCUT2D eigenvalue weighted by atomic mass is 9.91. The molecule has 0 bridgehead atoms. The molecule has 1 amide bonds. The molecule has 6 nitrogen and oxygen atoms in total. The summed E-state index contributed by atoms with van der Waals surface area (Å²) >= 11 is 0. The summed E-state index contributed by atoms with van der Waals surface area (Å²) in [5.74, 6) is -0.117. The number of piperazine rings is 1. The van der Waals surface area contributed by atoms with Crippen LogP contribution in [0, 0.1) is 11.7 Å². The number of hydrogen-bond acceptors (Lipinski definition) is 5. The molecule has 4 atom stereocenters. The van der Waals surface area contributed by atoms with E-state index >= 15 is 0 Å². The summed E-state index contributed by atoms with van der Waals surface area (Å²) in [6, 6.07) is 9.04. The Kier molecular flexibility index (Phi) is 7.35. The van der Waals surface area contributed by atoms with Crippen LogP contribution < -0.4 is 10.2 Å². The Balaban J connectivity index is 1.32. The molecule has 200 valence electrons. The number of aromatic nitrogens is 1. The van der Waals surface area contributed by atoms with Crippen LogP contribution in [0.15, 0.2) is 36.5 Å². The summed E-state index contributed by atoms with van der Waals surface area (Å²) in [7, 11) is 0. The summed E-state index contributed by atoms with van der Waals surface area (Å²) in [5, 5.41) is 3.54. The van der Waals surface area contributed by atoms with Crippen molar-refractivity contribution in [2.45, 2.75) is 57.8 Å². The summed E-state index contributed by atoms with van der Waals surface area (Å²) in [4.78, 5) is 24.9. The number of alkyl halides is 1. The molecule has 2 aromatic rings. The molecular weight excluding hydrogens is 472 g/mol. The first kappa shape index (κ1) is 26.2. The molecule has 3 aliphatic rings. The Labute approximate surface area is 219 Å². The van der Waals surface area contributed by atoms with Crippen molar-refractivity contribution in [1.29, 1.82) is 0 Å². The Morgan fingerprint density at radius 1 is 1.14 bits per heavy atom. The van der Waals surface area contributed by atoms with Gasteiger partial charge in [-0.25, -0.2) is 8.78 Å². The number of pyridine rings is 1. The van der Waals surface area contributed by atoms with E-state index in [1.165, 1.54) is 12.1 Å². The molecule has 4 heterocycles. The third kappa shape index (κ3) is 5.71. The van der Waals surface area contributed by atoms with Gasteiger partial charge in [-0.15, -0.1) is 0 Å². The van der Waals surface area contributed by atoms with Crippen molar-refractivity contribution in [1.82, 2.24) is 20.1 Å². The molecular formula is C29H39F2N5O. The second-order valence-corrected chi connectivity index (χ2v) is 12.0. The fourth-order valence-electron chi connectivity index (χ4n) is 6.07. The highest BCUT2D eigenvalue weighted by molar-refractivity contribution is 5.97. The second kappa shape index (κ2) is 10.4. The number of nitrogens with zero attached hydrogens (tertiary/aromatic N) is 4. The zero-order valence-electron chi connectivity index (χ0n) is 22.4. The van der Waals surface area contributed by atoms with E-state index in [9.17, 15) is 13.6 Å². The van der Waals surface area contributed by atoms with Crippen LogP contribution in [0.4, 0.5) is 14.5 Å². The number of halogens is 2. The van der Waals surface area contributed by atoms with Gasteiger partial charge in [0.1, 0.15) is 12.0 Å². The van der Waals surface area contributed by atoms with Crippen LogP contribution in [0.2, 0.25) is 0 Å². The van der Waals surface area contributed by atoms with E-state index in [0.717, 1.165) is 48.7 Å². The minimum absolute atomic E-state index is 0.0606. The number of carbonyl (C=O) groups is 1. The molecule has 1 aromatic carbocycles. The van der Waals surface area contributed by atoms with E-state index in [4.69, 9.17) is 4.98 Å². The minimum atomic E-state index is -0.773. The standard InChI is InChI=1S/C29H39F2N5O/c1-19-13-34(16-25(19)31)15-24-12-32-20(2)14-35(24)17-27(37)36-18-29(3,4)28-26(36)10-22(11-33-28)9-21-5-7-23(30)8-6-21/h5-8,10-11,19-20,24-25,32H,9,12-18H2,1-4H3/t19?,20-,24-,25+/m1/s1. The highest BCUT2D eigenvalue weighted by atomic mass is 19.1. The van der Waals surface area contributed by atoms with Crippen molar-refractivity contribution in [2.24, 2.45) is 5.92 Å². The number of hydrogen-bond donors (Lipinski definition) is 1. The zero-order chi connectivity index (χ0) is 26.3. The van der Waals surface area contributed by atoms with Gasteiger partial charge >= 0.3 is 0 Å². The third-order valence-corrected chi connectivity index (χ3v) is 8.16. The SMILES string of the molecule is CC1CN(C[C@H]2CN[C@H](C)CN2CC(=O)N2CC(C)(C)c3ncc(Cc4ccc(F)cc4)cc32)C[C@@H]1F.